The zero-order valence-electron chi connectivity index (χ0n) is 15.8. The van der Waals surface area contributed by atoms with Gasteiger partial charge in [0.1, 0.15) is 5.75 Å². The van der Waals surface area contributed by atoms with Crippen LogP contribution < -0.4 is 15.4 Å². The Morgan fingerprint density at radius 1 is 0.931 bits per heavy atom. The van der Waals surface area contributed by atoms with Crippen molar-refractivity contribution >= 4 is 35.0 Å². The molecule has 3 aromatic rings. The zero-order valence-corrected chi connectivity index (χ0v) is 16.7. The summed E-state index contributed by atoms with van der Waals surface area (Å²) in [5.74, 6) is 0.280. The van der Waals surface area contributed by atoms with E-state index in [1.54, 1.807) is 36.0 Å². The first-order valence-corrected chi connectivity index (χ1v) is 10.5. The molecular formula is C23H20N2O3S. The molecule has 6 heteroatoms. The van der Waals surface area contributed by atoms with E-state index in [0.29, 0.717) is 17.7 Å². The van der Waals surface area contributed by atoms with E-state index in [-0.39, 0.29) is 11.8 Å². The van der Waals surface area contributed by atoms with E-state index in [4.69, 9.17) is 4.74 Å². The minimum absolute atomic E-state index is 0.230. The van der Waals surface area contributed by atoms with Crippen molar-refractivity contribution < 1.29 is 14.3 Å². The van der Waals surface area contributed by atoms with Crippen LogP contribution in [0, 0.1) is 0 Å². The summed E-state index contributed by atoms with van der Waals surface area (Å²) < 4.78 is 5.72. The van der Waals surface area contributed by atoms with Crippen LogP contribution in [-0.2, 0) is 11.2 Å². The predicted octanol–water partition coefficient (Wildman–Crippen LogP) is 4.60. The van der Waals surface area contributed by atoms with Crippen LogP contribution in [0.2, 0.25) is 0 Å². The number of nitrogens with one attached hydrogen (secondary N) is 2. The molecule has 0 spiro atoms. The number of amides is 2. The molecule has 3 aromatic carbocycles. The van der Waals surface area contributed by atoms with Crippen molar-refractivity contribution in [2.45, 2.75) is 17.4 Å². The Morgan fingerprint density at radius 2 is 1.72 bits per heavy atom. The number of carbonyl (C=O) groups is 2. The summed E-state index contributed by atoms with van der Waals surface area (Å²) in [6.45, 7) is 0. The summed E-state index contributed by atoms with van der Waals surface area (Å²) in [6, 6.07) is 22.1. The van der Waals surface area contributed by atoms with Gasteiger partial charge in [0.15, 0.2) is 6.10 Å². The highest BCUT2D eigenvalue weighted by Gasteiger charge is 2.28. The number of hydrogen-bond donors (Lipinski definition) is 2. The van der Waals surface area contributed by atoms with Crippen molar-refractivity contribution in [1.29, 1.82) is 0 Å². The van der Waals surface area contributed by atoms with Crippen LogP contribution in [0.5, 0.6) is 5.75 Å². The first kappa shape index (κ1) is 19.1. The summed E-state index contributed by atoms with van der Waals surface area (Å²) in [5.41, 5.74) is 2.76. The highest BCUT2D eigenvalue weighted by molar-refractivity contribution is 7.98. The molecule has 1 aliphatic heterocycles. The van der Waals surface area contributed by atoms with Gasteiger partial charge in [0.05, 0.1) is 0 Å². The summed E-state index contributed by atoms with van der Waals surface area (Å²) in [4.78, 5) is 26.3. The predicted molar refractivity (Wildman–Crippen MR) is 116 cm³/mol. The van der Waals surface area contributed by atoms with Crippen molar-refractivity contribution in [3.63, 3.8) is 0 Å². The molecule has 1 unspecified atom stereocenters. The molecule has 0 aliphatic carbocycles. The van der Waals surface area contributed by atoms with Gasteiger partial charge in [-0.2, -0.15) is 0 Å². The van der Waals surface area contributed by atoms with E-state index < -0.39 is 6.10 Å². The van der Waals surface area contributed by atoms with Gasteiger partial charge < -0.3 is 15.4 Å². The van der Waals surface area contributed by atoms with Crippen LogP contribution in [0.25, 0.3) is 0 Å². The fraction of sp³-hybridized carbons (Fsp3) is 0.130. The molecule has 0 bridgehead atoms. The Kier molecular flexibility index (Phi) is 5.53. The van der Waals surface area contributed by atoms with Gasteiger partial charge in [-0.25, -0.2) is 0 Å². The highest BCUT2D eigenvalue weighted by Crippen LogP contribution is 2.28. The smallest absolute Gasteiger partial charge is 0.265 e. The molecule has 0 saturated heterocycles. The Hall–Kier alpha value is -3.25. The Morgan fingerprint density at radius 3 is 2.48 bits per heavy atom. The number of carbonyl (C=O) groups excluding carboxylic acids is 2. The maximum absolute atomic E-state index is 12.6. The Labute approximate surface area is 173 Å². The maximum Gasteiger partial charge on any atom is 0.265 e. The lowest BCUT2D eigenvalue weighted by molar-refractivity contribution is -0.122. The molecule has 4 rings (SSSR count). The summed E-state index contributed by atoms with van der Waals surface area (Å²) in [6.07, 6.45) is 1.97. The number of thioether (sulfide) groups is 1. The fourth-order valence-corrected chi connectivity index (χ4v) is 3.58. The van der Waals surface area contributed by atoms with Crippen LogP contribution in [-0.4, -0.2) is 24.2 Å². The van der Waals surface area contributed by atoms with Crippen molar-refractivity contribution in [2.24, 2.45) is 0 Å². The van der Waals surface area contributed by atoms with Gasteiger partial charge in [0.2, 0.25) is 0 Å². The minimum atomic E-state index is -0.570. The molecule has 0 radical (unpaired) electrons. The van der Waals surface area contributed by atoms with Crippen molar-refractivity contribution in [3.8, 4) is 5.75 Å². The molecule has 2 amide bonds. The summed E-state index contributed by atoms with van der Waals surface area (Å²) in [7, 11) is 0. The molecule has 1 heterocycles. The van der Waals surface area contributed by atoms with Gasteiger partial charge in [-0.1, -0.05) is 24.3 Å². The summed E-state index contributed by atoms with van der Waals surface area (Å²) in [5, 5.41) is 5.72. The second-order valence-electron chi connectivity index (χ2n) is 6.67. The molecule has 1 atom stereocenters. The van der Waals surface area contributed by atoms with Crippen molar-refractivity contribution in [1.82, 2.24) is 0 Å². The monoisotopic (exact) mass is 404 g/mol. The highest BCUT2D eigenvalue weighted by atomic mass is 32.2. The minimum Gasteiger partial charge on any atom is -0.480 e. The normalized spacial score (nSPS) is 14.6. The van der Waals surface area contributed by atoms with Crippen LogP contribution >= 0.6 is 11.8 Å². The lowest BCUT2D eigenvalue weighted by Gasteiger charge is -2.12. The number of para-hydroxylation sites is 1. The molecule has 29 heavy (non-hydrogen) atoms. The van der Waals surface area contributed by atoms with Gasteiger partial charge in [-0.05, 0) is 60.4 Å². The van der Waals surface area contributed by atoms with Crippen LogP contribution in [0.3, 0.4) is 0 Å². The lowest BCUT2D eigenvalue weighted by atomic mass is 10.1. The van der Waals surface area contributed by atoms with E-state index >= 15 is 0 Å². The maximum atomic E-state index is 12.6. The topological polar surface area (TPSA) is 67.4 Å². The third-order valence-corrected chi connectivity index (χ3v) is 5.42. The SMILES string of the molecule is CSc1ccc(NC(=O)c2cccc(NC(=O)C3Cc4ccccc4O3)c2)cc1. The van der Waals surface area contributed by atoms with E-state index in [1.807, 2.05) is 54.8 Å². The number of hydrogen-bond acceptors (Lipinski definition) is 4. The van der Waals surface area contributed by atoms with Gasteiger partial charge in [-0.15, -0.1) is 11.8 Å². The third kappa shape index (κ3) is 4.43. The molecule has 1 aliphatic rings. The third-order valence-electron chi connectivity index (χ3n) is 4.68. The van der Waals surface area contributed by atoms with Gasteiger partial charge in [0, 0.05) is 28.3 Å². The molecule has 2 N–H and O–H groups in total. The second kappa shape index (κ2) is 8.41. The van der Waals surface area contributed by atoms with Gasteiger partial charge in [0.25, 0.3) is 11.8 Å². The Balaban J connectivity index is 1.40. The molecule has 0 fully saturated rings. The van der Waals surface area contributed by atoms with E-state index in [0.717, 1.165) is 21.9 Å². The van der Waals surface area contributed by atoms with Crippen LogP contribution in [0.1, 0.15) is 15.9 Å². The molecule has 5 nitrogen and oxygen atoms in total. The molecule has 0 saturated carbocycles. The second-order valence-corrected chi connectivity index (χ2v) is 7.55. The standard InChI is InChI=1S/C23H20N2O3S/c1-29-19-11-9-17(10-12-19)24-22(26)16-6-4-7-18(13-16)25-23(27)21-14-15-5-2-3-8-20(15)28-21/h2-13,21H,14H2,1H3,(H,24,26)(H,25,27). The van der Waals surface area contributed by atoms with Crippen LogP contribution in [0.4, 0.5) is 11.4 Å². The van der Waals surface area contributed by atoms with Crippen molar-refractivity contribution in [2.75, 3.05) is 16.9 Å². The van der Waals surface area contributed by atoms with Gasteiger partial charge >= 0.3 is 0 Å². The van der Waals surface area contributed by atoms with Gasteiger partial charge in [-0.3, -0.25) is 9.59 Å². The van der Waals surface area contributed by atoms with E-state index in [2.05, 4.69) is 10.6 Å². The Bertz CT molecular complexity index is 1020. The quantitative estimate of drug-likeness (QED) is 0.610. The molecule has 0 aromatic heterocycles. The largest absolute Gasteiger partial charge is 0.480 e. The number of anilines is 2. The average molecular weight is 404 g/mol. The first-order valence-electron chi connectivity index (χ1n) is 9.23. The number of rotatable bonds is 5. The molecular weight excluding hydrogens is 384 g/mol. The number of fused-ring (bicyclic) bond motifs is 1. The number of ether oxygens (including phenoxy) is 1. The molecule has 146 valence electrons. The lowest BCUT2D eigenvalue weighted by Crippen LogP contribution is -2.31. The zero-order chi connectivity index (χ0) is 20.2. The van der Waals surface area contributed by atoms with Crippen molar-refractivity contribution in [3.05, 3.63) is 83.9 Å². The average Bonchev–Trinajstić information content (AvgIpc) is 3.19. The van der Waals surface area contributed by atoms with E-state index in [9.17, 15) is 9.59 Å². The first-order chi connectivity index (χ1) is 14.1. The fourth-order valence-electron chi connectivity index (χ4n) is 3.17. The number of benzene rings is 3. The summed E-state index contributed by atoms with van der Waals surface area (Å²) >= 11 is 1.64. The van der Waals surface area contributed by atoms with Crippen LogP contribution in [0.15, 0.2) is 77.7 Å². The van der Waals surface area contributed by atoms with E-state index in [1.165, 1.54) is 0 Å².